The molecule has 0 bridgehead atoms. The molecule has 2 aromatic carbocycles. The molecule has 2 aromatic rings. The molecule has 1 aliphatic rings. The molecule has 3 rings (SSSR count). The summed E-state index contributed by atoms with van der Waals surface area (Å²) in [6.45, 7) is 10.8. The van der Waals surface area contributed by atoms with Crippen LogP contribution in [0.15, 0.2) is 36.9 Å². The van der Waals surface area contributed by atoms with Crippen LogP contribution in [0.3, 0.4) is 0 Å². The van der Waals surface area contributed by atoms with Gasteiger partial charge >= 0.3 is 0 Å². The minimum absolute atomic E-state index is 1.02. The standard InChI is InChI=1S/C21H24/c1-14(2)20-13-18-6-5-7-19(18)16(4)21(20)12-17-10-8-15(3)9-11-17/h8-11,13H,1,5-7,12H2,2-4H3. The van der Waals surface area contributed by atoms with Gasteiger partial charge < -0.3 is 0 Å². The van der Waals surface area contributed by atoms with E-state index in [1.807, 2.05) is 0 Å². The van der Waals surface area contributed by atoms with E-state index in [9.17, 15) is 0 Å². The summed E-state index contributed by atoms with van der Waals surface area (Å²) in [7, 11) is 0. The molecular formula is C21H24. The van der Waals surface area contributed by atoms with E-state index in [1.165, 1.54) is 52.7 Å². The van der Waals surface area contributed by atoms with Crippen LogP contribution in [0.1, 0.15) is 52.3 Å². The molecule has 0 atom stereocenters. The number of hydrogen-bond acceptors (Lipinski definition) is 0. The molecule has 0 fully saturated rings. The second kappa shape index (κ2) is 5.52. The van der Waals surface area contributed by atoms with E-state index in [1.54, 1.807) is 11.1 Å². The Morgan fingerprint density at radius 1 is 1.10 bits per heavy atom. The molecule has 0 N–H and O–H groups in total. The Morgan fingerprint density at radius 3 is 2.48 bits per heavy atom. The lowest BCUT2D eigenvalue weighted by atomic mass is 9.87. The Bertz CT molecular complexity index is 687. The third-order valence-electron chi connectivity index (χ3n) is 4.77. The van der Waals surface area contributed by atoms with Crippen LogP contribution in [0.2, 0.25) is 0 Å². The van der Waals surface area contributed by atoms with Crippen molar-refractivity contribution < 1.29 is 0 Å². The minimum atomic E-state index is 1.02. The van der Waals surface area contributed by atoms with Gasteiger partial charge in [0.2, 0.25) is 0 Å². The van der Waals surface area contributed by atoms with Gasteiger partial charge in [0.25, 0.3) is 0 Å². The van der Waals surface area contributed by atoms with Gasteiger partial charge in [0.15, 0.2) is 0 Å². The first-order chi connectivity index (χ1) is 10.1. The van der Waals surface area contributed by atoms with Crippen LogP contribution < -0.4 is 0 Å². The highest BCUT2D eigenvalue weighted by Gasteiger charge is 2.19. The Balaban J connectivity index is 2.08. The Morgan fingerprint density at radius 2 is 1.81 bits per heavy atom. The molecule has 0 heteroatoms. The largest absolute Gasteiger partial charge is 0.0955 e. The zero-order valence-corrected chi connectivity index (χ0v) is 13.4. The van der Waals surface area contributed by atoms with Gasteiger partial charge in [-0.05, 0) is 79.8 Å². The van der Waals surface area contributed by atoms with Crippen LogP contribution in [-0.4, -0.2) is 0 Å². The minimum Gasteiger partial charge on any atom is -0.0955 e. The topological polar surface area (TPSA) is 0 Å². The van der Waals surface area contributed by atoms with Gasteiger partial charge in [0, 0.05) is 0 Å². The summed E-state index contributed by atoms with van der Waals surface area (Å²) in [6, 6.07) is 11.3. The molecule has 108 valence electrons. The molecule has 0 radical (unpaired) electrons. The first kappa shape index (κ1) is 14.1. The number of allylic oxidation sites excluding steroid dienone is 1. The van der Waals surface area contributed by atoms with E-state index in [2.05, 4.69) is 57.7 Å². The van der Waals surface area contributed by atoms with Gasteiger partial charge in [-0.25, -0.2) is 0 Å². The maximum Gasteiger partial charge on any atom is -0.00170 e. The predicted molar refractivity (Wildman–Crippen MR) is 91.9 cm³/mol. The molecule has 0 aliphatic heterocycles. The Kier molecular flexibility index (Phi) is 3.71. The summed E-state index contributed by atoms with van der Waals surface area (Å²) in [6.07, 6.45) is 4.81. The van der Waals surface area contributed by atoms with Gasteiger partial charge in [-0.15, -0.1) is 0 Å². The van der Waals surface area contributed by atoms with E-state index in [4.69, 9.17) is 0 Å². The van der Waals surface area contributed by atoms with Gasteiger partial charge in [0.05, 0.1) is 0 Å². The molecule has 0 saturated heterocycles. The summed E-state index contributed by atoms with van der Waals surface area (Å²) in [5, 5.41) is 0. The first-order valence-corrected chi connectivity index (χ1v) is 7.92. The van der Waals surface area contributed by atoms with Crippen molar-refractivity contribution in [3.8, 4) is 0 Å². The lowest BCUT2D eigenvalue weighted by Crippen LogP contribution is -2.02. The molecule has 0 aromatic heterocycles. The van der Waals surface area contributed by atoms with Crippen molar-refractivity contribution in [3.63, 3.8) is 0 Å². The van der Waals surface area contributed by atoms with Crippen molar-refractivity contribution in [2.75, 3.05) is 0 Å². The highest BCUT2D eigenvalue weighted by atomic mass is 14.2. The van der Waals surface area contributed by atoms with Crippen LogP contribution >= 0.6 is 0 Å². The lowest BCUT2D eigenvalue weighted by molar-refractivity contribution is 0.908. The normalized spacial score (nSPS) is 13.3. The maximum atomic E-state index is 4.21. The van der Waals surface area contributed by atoms with Crippen molar-refractivity contribution in [1.82, 2.24) is 0 Å². The predicted octanol–water partition coefficient (Wildman–Crippen LogP) is 5.42. The molecule has 1 aliphatic carbocycles. The van der Waals surface area contributed by atoms with Crippen LogP contribution in [0, 0.1) is 13.8 Å². The smallest absolute Gasteiger partial charge is 0.00170 e. The molecule has 0 amide bonds. The van der Waals surface area contributed by atoms with E-state index >= 15 is 0 Å². The maximum absolute atomic E-state index is 4.21. The third kappa shape index (κ3) is 2.68. The quantitative estimate of drug-likeness (QED) is 0.702. The highest BCUT2D eigenvalue weighted by molar-refractivity contribution is 5.69. The Labute approximate surface area is 128 Å². The fourth-order valence-electron chi connectivity index (χ4n) is 3.52. The van der Waals surface area contributed by atoms with Crippen LogP contribution in [-0.2, 0) is 19.3 Å². The van der Waals surface area contributed by atoms with E-state index in [-0.39, 0.29) is 0 Å². The molecule has 0 spiro atoms. The fraction of sp³-hybridized carbons (Fsp3) is 0.333. The molecular weight excluding hydrogens is 252 g/mol. The zero-order valence-electron chi connectivity index (χ0n) is 13.4. The van der Waals surface area contributed by atoms with Crippen molar-refractivity contribution in [3.05, 3.63) is 75.9 Å². The van der Waals surface area contributed by atoms with Gasteiger partial charge in [0.1, 0.15) is 0 Å². The lowest BCUT2D eigenvalue weighted by Gasteiger charge is -2.17. The average Bonchev–Trinajstić information content (AvgIpc) is 2.92. The van der Waals surface area contributed by atoms with Crippen molar-refractivity contribution >= 4 is 5.57 Å². The summed E-state index contributed by atoms with van der Waals surface area (Å²) in [5.41, 5.74) is 11.4. The molecule has 0 heterocycles. The second-order valence-corrected chi connectivity index (χ2v) is 6.46. The van der Waals surface area contributed by atoms with E-state index in [0.717, 1.165) is 6.42 Å². The molecule has 21 heavy (non-hydrogen) atoms. The van der Waals surface area contributed by atoms with Crippen LogP contribution in [0.5, 0.6) is 0 Å². The zero-order chi connectivity index (χ0) is 15.0. The van der Waals surface area contributed by atoms with Crippen molar-refractivity contribution in [2.24, 2.45) is 0 Å². The number of fused-ring (bicyclic) bond motifs is 1. The van der Waals surface area contributed by atoms with Gasteiger partial charge in [-0.3, -0.25) is 0 Å². The monoisotopic (exact) mass is 276 g/mol. The van der Waals surface area contributed by atoms with Crippen molar-refractivity contribution in [2.45, 2.75) is 46.5 Å². The summed E-state index contributed by atoms with van der Waals surface area (Å²) in [5.74, 6) is 0. The molecule has 0 saturated carbocycles. The number of aryl methyl sites for hydroxylation is 2. The average molecular weight is 276 g/mol. The molecule has 0 unspecified atom stereocenters. The fourth-order valence-corrected chi connectivity index (χ4v) is 3.52. The molecule has 0 nitrogen and oxygen atoms in total. The van der Waals surface area contributed by atoms with Gasteiger partial charge in [-0.2, -0.15) is 0 Å². The van der Waals surface area contributed by atoms with Gasteiger partial charge in [-0.1, -0.05) is 48.0 Å². The third-order valence-corrected chi connectivity index (χ3v) is 4.77. The SMILES string of the molecule is C=C(C)c1cc2c(c(C)c1Cc1ccc(C)cc1)CCC2. The van der Waals surface area contributed by atoms with Crippen molar-refractivity contribution in [1.29, 1.82) is 0 Å². The summed E-state index contributed by atoms with van der Waals surface area (Å²) in [4.78, 5) is 0. The van der Waals surface area contributed by atoms with E-state index < -0.39 is 0 Å². The van der Waals surface area contributed by atoms with Crippen LogP contribution in [0.4, 0.5) is 0 Å². The Hall–Kier alpha value is -1.82. The highest BCUT2D eigenvalue weighted by Crippen LogP contribution is 2.33. The number of hydrogen-bond donors (Lipinski definition) is 0. The second-order valence-electron chi connectivity index (χ2n) is 6.46. The summed E-state index contributed by atoms with van der Waals surface area (Å²) >= 11 is 0. The van der Waals surface area contributed by atoms with E-state index in [0.29, 0.717) is 0 Å². The number of rotatable bonds is 3. The number of benzene rings is 2. The summed E-state index contributed by atoms with van der Waals surface area (Å²) < 4.78 is 0. The first-order valence-electron chi connectivity index (χ1n) is 7.92. The van der Waals surface area contributed by atoms with Crippen LogP contribution in [0.25, 0.3) is 5.57 Å².